The molecule has 0 aliphatic carbocycles. The molecule has 0 radical (unpaired) electrons. The average molecular weight is 330 g/mol. The zero-order valence-corrected chi connectivity index (χ0v) is 11.0. The van der Waals surface area contributed by atoms with Crippen LogP contribution >= 0.6 is 34.8 Å². The summed E-state index contributed by atoms with van der Waals surface area (Å²) < 4.78 is 53.3. The molecule has 2 rings (SSSR count). The van der Waals surface area contributed by atoms with E-state index in [1.165, 1.54) is 0 Å². The second kappa shape index (κ2) is 5.15. The van der Waals surface area contributed by atoms with Gasteiger partial charge in [-0.2, -0.15) is 13.8 Å². The third-order valence-electron chi connectivity index (χ3n) is 2.25. The van der Waals surface area contributed by atoms with E-state index in [-0.39, 0.29) is 15.1 Å². The van der Waals surface area contributed by atoms with Crippen molar-refractivity contribution in [2.75, 3.05) is 0 Å². The Bertz CT molecular complexity index is 626. The lowest BCUT2D eigenvalue weighted by Gasteiger charge is -2.10. The van der Waals surface area contributed by atoms with E-state index in [2.05, 4.69) is 4.98 Å². The van der Waals surface area contributed by atoms with Gasteiger partial charge in [0, 0.05) is 10.6 Å². The zero-order valence-electron chi connectivity index (χ0n) is 8.75. The van der Waals surface area contributed by atoms with Gasteiger partial charge in [-0.15, -0.1) is 0 Å². The summed E-state index contributed by atoms with van der Waals surface area (Å²) in [5.41, 5.74) is -1.43. The summed E-state index contributed by atoms with van der Waals surface area (Å²) in [7, 11) is 0. The van der Waals surface area contributed by atoms with Crippen LogP contribution in [0.5, 0.6) is 0 Å². The van der Waals surface area contributed by atoms with Gasteiger partial charge < -0.3 is 0 Å². The molecule has 0 aliphatic heterocycles. The highest BCUT2D eigenvalue weighted by atomic mass is 35.5. The average Bonchev–Trinajstić information content (AvgIpc) is 2.30. The maximum absolute atomic E-state index is 13.6. The van der Waals surface area contributed by atoms with Crippen molar-refractivity contribution in [2.45, 2.75) is 0 Å². The van der Waals surface area contributed by atoms with E-state index in [0.717, 1.165) is 12.1 Å². The standard InChI is InChI=1S/C11H2Cl3F4N/c12-3-1-4(13)6(5(14)2-3)7-8(15)10(17)19-11(18)9(7)16/h1-2H. The van der Waals surface area contributed by atoms with Gasteiger partial charge in [-0.25, -0.2) is 8.78 Å². The minimum absolute atomic E-state index is 0.106. The number of hydrogen-bond donors (Lipinski definition) is 0. The first kappa shape index (κ1) is 14.4. The number of halogens is 7. The molecule has 2 aromatic rings. The van der Waals surface area contributed by atoms with Crippen molar-refractivity contribution < 1.29 is 17.6 Å². The Morgan fingerprint density at radius 3 is 1.58 bits per heavy atom. The van der Waals surface area contributed by atoms with Crippen molar-refractivity contribution >= 4 is 34.8 Å². The maximum atomic E-state index is 13.6. The van der Waals surface area contributed by atoms with Crippen LogP contribution in [0.1, 0.15) is 0 Å². The largest absolute Gasteiger partial charge is 0.252 e. The van der Waals surface area contributed by atoms with E-state index in [9.17, 15) is 17.6 Å². The van der Waals surface area contributed by atoms with Crippen LogP contribution in [0.3, 0.4) is 0 Å². The van der Waals surface area contributed by atoms with Crippen molar-refractivity contribution in [2.24, 2.45) is 0 Å². The highest BCUT2D eigenvalue weighted by molar-refractivity contribution is 6.41. The summed E-state index contributed by atoms with van der Waals surface area (Å²) in [6.07, 6.45) is 0. The van der Waals surface area contributed by atoms with Crippen LogP contribution in [-0.4, -0.2) is 4.98 Å². The van der Waals surface area contributed by atoms with Crippen LogP contribution in [-0.2, 0) is 0 Å². The van der Waals surface area contributed by atoms with Crippen molar-refractivity contribution in [3.63, 3.8) is 0 Å². The molecule has 1 nitrogen and oxygen atoms in total. The molecule has 0 saturated heterocycles. The Hall–Kier alpha value is -1.04. The van der Waals surface area contributed by atoms with Crippen LogP contribution in [0.15, 0.2) is 12.1 Å². The first-order valence-corrected chi connectivity index (χ1v) is 5.81. The van der Waals surface area contributed by atoms with E-state index >= 15 is 0 Å². The van der Waals surface area contributed by atoms with E-state index in [0.29, 0.717) is 0 Å². The van der Waals surface area contributed by atoms with Gasteiger partial charge >= 0.3 is 0 Å². The fourth-order valence-electron chi connectivity index (χ4n) is 1.49. The predicted molar refractivity (Wildman–Crippen MR) is 64.5 cm³/mol. The molecular weight excluding hydrogens is 328 g/mol. The third-order valence-corrected chi connectivity index (χ3v) is 3.07. The van der Waals surface area contributed by atoms with Crippen LogP contribution in [0, 0.1) is 23.5 Å². The lowest BCUT2D eigenvalue weighted by atomic mass is 10.1. The summed E-state index contributed by atoms with van der Waals surface area (Å²) in [5.74, 6) is -6.97. The molecule has 1 aromatic heterocycles. The maximum Gasteiger partial charge on any atom is 0.252 e. The van der Waals surface area contributed by atoms with Crippen molar-refractivity contribution in [3.8, 4) is 11.1 Å². The Labute approximate surface area is 119 Å². The Morgan fingerprint density at radius 1 is 0.737 bits per heavy atom. The SMILES string of the molecule is Fc1nc(F)c(F)c(-c2c(Cl)cc(Cl)cc2Cl)c1F. The molecule has 0 amide bonds. The van der Waals surface area contributed by atoms with Gasteiger partial charge in [-0.1, -0.05) is 34.8 Å². The van der Waals surface area contributed by atoms with Gasteiger partial charge in [0.25, 0.3) is 11.9 Å². The molecular formula is C11H2Cl3F4N. The van der Waals surface area contributed by atoms with Gasteiger partial charge in [0.1, 0.15) is 0 Å². The molecule has 0 spiro atoms. The number of benzene rings is 1. The summed E-state index contributed by atoms with van der Waals surface area (Å²) >= 11 is 17.1. The van der Waals surface area contributed by atoms with Gasteiger partial charge in [-0.05, 0) is 12.1 Å². The molecule has 0 saturated carbocycles. The molecule has 0 unspecified atom stereocenters. The summed E-state index contributed by atoms with van der Waals surface area (Å²) in [6.45, 7) is 0. The molecule has 0 aliphatic rings. The quantitative estimate of drug-likeness (QED) is 0.513. The minimum Gasteiger partial charge on any atom is -0.201 e. The number of nitrogens with zero attached hydrogens (tertiary/aromatic N) is 1. The minimum atomic E-state index is -1.80. The van der Waals surface area contributed by atoms with Gasteiger partial charge in [-0.3, -0.25) is 0 Å². The smallest absolute Gasteiger partial charge is 0.201 e. The highest BCUT2D eigenvalue weighted by Crippen LogP contribution is 2.40. The molecule has 0 N–H and O–H groups in total. The summed E-state index contributed by atoms with van der Waals surface area (Å²) in [5, 5.41) is -0.393. The number of pyridine rings is 1. The molecule has 1 aromatic carbocycles. The fraction of sp³-hybridized carbons (Fsp3) is 0. The van der Waals surface area contributed by atoms with Gasteiger partial charge in [0.15, 0.2) is 11.6 Å². The van der Waals surface area contributed by atoms with Gasteiger partial charge in [0.2, 0.25) is 0 Å². The van der Waals surface area contributed by atoms with Crippen molar-refractivity contribution in [1.29, 1.82) is 0 Å². The fourth-order valence-corrected chi connectivity index (χ4v) is 2.49. The second-order valence-electron chi connectivity index (χ2n) is 3.44. The van der Waals surface area contributed by atoms with Crippen LogP contribution in [0.4, 0.5) is 17.6 Å². The highest BCUT2D eigenvalue weighted by Gasteiger charge is 2.25. The van der Waals surface area contributed by atoms with Crippen LogP contribution in [0.25, 0.3) is 11.1 Å². The molecule has 0 atom stereocenters. The van der Waals surface area contributed by atoms with Crippen LogP contribution in [0.2, 0.25) is 15.1 Å². The van der Waals surface area contributed by atoms with Crippen molar-refractivity contribution in [1.82, 2.24) is 4.98 Å². The second-order valence-corrected chi connectivity index (χ2v) is 4.69. The van der Waals surface area contributed by atoms with Gasteiger partial charge in [0.05, 0.1) is 15.6 Å². The molecule has 0 bridgehead atoms. The Morgan fingerprint density at radius 2 is 1.16 bits per heavy atom. The lowest BCUT2D eigenvalue weighted by molar-refractivity contribution is 0.410. The van der Waals surface area contributed by atoms with E-state index in [1.807, 2.05) is 0 Å². The zero-order chi connectivity index (χ0) is 14.3. The molecule has 1 heterocycles. The Balaban J connectivity index is 2.87. The summed E-state index contributed by atoms with van der Waals surface area (Å²) in [6, 6.07) is 2.28. The van der Waals surface area contributed by atoms with Crippen LogP contribution < -0.4 is 0 Å². The monoisotopic (exact) mass is 329 g/mol. The van der Waals surface area contributed by atoms with E-state index in [4.69, 9.17) is 34.8 Å². The molecule has 100 valence electrons. The number of rotatable bonds is 1. The number of aromatic nitrogens is 1. The third kappa shape index (κ3) is 2.50. The molecule has 0 fully saturated rings. The molecule has 19 heavy (non-hydrogen) atoms. The normalized spacial score (nSPS) is 10.9. The summed E-state index contributed by atoms with van der Waals surface area (Å²) in [4.78, 5) is 2.44. The molecule has 8 heteroatoms. The Kier molecular flexibility index (Phi) is 3.90. The first-order chi connectivity index (χ1) is 8.82. The van der Waals surface area contributed by atoms with E-state index < -0.39 is 34.7 Å². The number of hydrogen-bond acceptors (Lipinski definition) is 1. The van der Waals surface area contributed by atoms with Crippen molar-refractivity contribution in [3.05, 3.63) is 50.7 Å². The first-order valence-electron chi connectivity index (χ1n) is 4.67. The van der Waals surface area contributed by atoms with E-state index in [1.54, 1.807) is 0 Å². The predicted octanol–water partition coefficient (Wildman–Crippen LogP) is 5.27. The lowest BCUT2D eigenvalue weighted by Crippen LogP contribution is -2.03. The topological polar surface area (TPSA) is 12.9 Å².